The van der Waals surface area contributed by atoms with Crippen molar-refractivity contribution < 1.29 is 0 Å². The monoisotopic (exact) mass is 480 g/mol. The van der Waals surface area contributed by atoms with Crippen molar-refractivity contribution in [3.63, 3.8) is 0 Å². The summed E-state index contributed by atoms with van der Waals surface area (Å²) in [7, 11) is 1.93. The van der Waals surface area contributed by atoms with E-state index in [-0.39, 0.29) is 0 Å². The first-order chi connectivity index (χ1) is 14.6. The molecule has 0 spiro atoms. The molecule has 5 rings (SSSR count). The van der Waals surface area contributed by atoms with E-state index < -0.39 is 0 Å². The van der Waals surface area contributed by atoms with Crippen LogP contribution in [0.3, 0.4) is 0 Å². The molecule has 0 N–H and O–H groups in total. The Kier molecular flexibility index (Phi) is 4.79. The van der Waals surface area contributed by atoms with E-state index >= 15 is 0 Å². The minimum Gasteiger partial charge on any atom is -0.262 e. The molecule has 0 unspecified atom stereocenters. The van der Waals surface area contributed by atoms with Crippen molar-refractivity contribution in [1.82, 2.24) is 29.4 Å². The smallest absolute Gasteiger partial charge is 0.190 e. The van der Waals surface area contributed by atoms with Gasteiger partial charge in [-0.15, -0.1) is 10.2 Å². The lowest BCUT2D eigenvalue weighted by Crippen LogP contribution is -2.01. The zero-order valence-electron chi connectivity index (χ0n) is 16.5. The Balaban J connectivity index is 1.89. The van der Waals surface area contributed by atoms with Crippen LogP contribution in [0.4, 0.5) is 0 Å². The fourth-order valence-electron chi connectivity index (χ4n) is 3.71. The topological polar surface area (TPSA) is 60.9 Å². The second kappa shape index (κ2) is 7.49. The van der Waals surface area contributed by atoms with Crippen molar-refractivity contribution in [2.45, 2.75) is 19.8 Å². The summed E-state index contributed by atoms with van der Waals surface area (Å²) < 4.78 is 4.87. The van der Waals surface area contributed by atoms with E-state index in [2.05, 4.69) is 33.1 Å². The minimum absolute atomic E-state index is 0.681. The van der Waals surface area contributed by atoms with Crippen molar-refractivity contribution >= 4 is 44.2 Å². The molecule has 6 nitrogen and oxygen atoms in total. The first-order valence-electron chi connectivity index (χ1n) is 9.69. The predicted molar refractivity (Wildman–Crippen MR) is 123 cm³/mol. The van der Waals surface area contributed by atoms with Crippen LogP contribution in [0.25, 0.3) is 39.5 Å². The molecular weight excluding hydrogens is 464 g/mol. The molecule has 150 valence electrons. The number of fused-ring (bicyclic) bond motifs is 3. The summed E-state index contributed by atoms with van der Waals surface area (Å²) in [6.07, 6.45) is 1.85. The number of benzene rings is 2. The maximum absolute atomic E-state index is 6.13. The molecule has 5 aromatic rings. The summed E-state index contributed by atoms with van der Waals surface area (Å²) in [4.78, 5) is 5.07. The van der Waals surface area contributed by atoms with Gasteiger partial charge in [0.15, 0.2) is 11.5 Å². The molecule has 0 radical (unpaired) electrons. The summed E-state index contributed by atoms with van der Waals surface area (Å²) in [5, 5.41) is 14.5. The van der Waals surface area contributed by atoms with Gasteiger partial charge < -0.3 is 0 Å². The number of hydrogen-bond donors (Lipinski definition) is 0. The molecule has 0 amide bonds. The van der Waals surface area contributed by atoms with Gasteiger partial charge in [-0.25, -0.2) is 4.98 Å². The minimum atomic E-state index is 0.681. The highest BCUT2D eigenvalue weighted by Gasteiger charge is 2.22. The number of aromatic nitrogens is 6. The van der Waals surface area contributed by atoms with Crippen molar-refractivity contribution in [3.05, 3.63) is 63.7 Å². The van der Waals surface area contributed by atoms with Crippen LogP contribution in [0.2, 0.25) is 5.02 Å². The van der Waals surface area contributed by atoms with Gasteiger partial charge in [0.05, 0.1) is 5.69 Å². The summed E-state index contributed by atoms with van der Waals surface area (Å²) in [5.74, 6) is 1.50. The molecule has 30 heavy (non-hydrogen) atoms. The van der Waals surface area contributed by atoms with Crippen molar-refractivity contribution in [3.8, 4) is 22.8 Å². The predicted octanol–water partition coefficient (Wildman–Crippen LogP) is 5.71. The second-order valence-electron chi connectivity index (χ2n) is 7.15. The fourth-order valence-corrected chi connectivity index (χ4v) is 4.10. The molecule has 0 fully saturated rings. The molecule has 0 aliphatic carbocycles. The average molecular weight is 482 g/mol. The van der Waals surface area contributed by atoms with E-state index in [1.54, 1.807) is 0 Å². The number of aryl methyl sites for hydroxylation is 2. The van der Waals surface area contributed by atoms with E-state index in [4.69, 9.17) is 21.7 Å². The lowest BCUT2D eigenvalue weighted by atomic mass is 10.1. The largest absolute Gasteiger partial charge is 0.262 e. The van der Waals surface area contributed by atoms with Gasteiger partial charge in [-0.1, -0.05) is 53.0 Å². The zero-order valence-corrected chi connectivity index (χ0v) is 18.8. The van der Waals surface area contributed by atoms with Gasteiger partial charge in [-0.2, -0.15) is 5.10 Å². The van der Waals surface area contributed by atoms with E-state index in [1.165, 1.54) is 0 Å². The first kappa shape index (κ1) is 19.2. The maximum Gasteiger partial charge on any atom is 0.190 e. The van der Waals surface area contributed by atoms with Crippen molar-refractivity contribution in [1.29, 1.82) is 0 Å². The van der Waals surface area contributed by atoms with Crippen molar-refractivity contribution in [2.24, 2.45) is 7.05 Å². The van der Waals surface area contributed by atoms with Crippen LogP contribution >= 0.6 is 27.5 Å². The van der Waals surface area contributed by atoms with Crippen LogP contribution < -0.4 is 0 Å². The number of nitrogens with zero attached hydrogens (tertiary/aromatic N) is 6. The first-order valence-corrected chi connectivity index (χ1v) is 10.9. The SMILES string of the molecule is CCCc1nn(C)c2c1nc(-c1ccc(Cl)cc1)n1c(-c3ccc(Br)cc3)nnc21. The van der Waals surface area contributed by atoms with E-state index in [9.17, 15) is 0 Å². The summed E-state index contributed by atoms with van der Waals surface area (Å²) >= 11 is 9.63. The highest BCUT2D eigenvalue weighted by atomic mass is 79.9. The molecule has 0 bridgehead atoms. The van der Waals surface area contributed by atoms with Crippen LogP contribution in [0.15, 0.2) is 53.0 Å². The molecule has 0 atom stereocenters. The Morgan fingerprint density at radius 1 is 0.933 bits per heavy atom. The number of halogens is 2. The van der Waals surface area contributed by atoms with Gasteiger partial charge in [0.25, 0.3) is 0 Å². The Bertz CT molecular complexity index is 1370. The van der Waals surface area contributed by atoms with Gasteiger partial charge in [0.1, 0.15) is 16.9 Å². The highest BCUT2D eigenvalue weighted by molar-refractivity contribution is 9.10. The second-order valence-corrected chi connectivity index (χ2v) is 8.50. The molecule has 3 aromatic heterocycles. The summed E-state index contributed by atoms with van der Waals surface area (Å²) in [6.45, 7) is 2.14. The van der Waals surface area contributed by atoms with Crippen LogP contribution in [0, 0.1) is 0 Å². The Morgan fingerprint density at radius 2 is 1.60 bits per heavy atom. The third-order valence-electron chi connectivity index (χ3n) is 5.09. The molecule has 0 aliphatic rings. The summed E-state index contributed by atoms with van der Waals surface area (Å²) in [6, 6.07) is 15.7. The van der Waals surface area contributed by atoms with Crippen LogP contribution in [0.5, 0.6) is 0 Å². The quantitative estimate of drug-likeness (QED) is 0.330. The molecule has 0 aliphatic heterocycles. The van der Waals surface area contributed by atoms with Crippen LogP contribution in [0.1, 0.15) is 19.0 Å². The Hall–Kier alpha value is -2.77. The number of rotatable bonds is 4. The van der Waals surface area contributed by atoms with Crippen molar-refractivity contribution in [2.75, 3.05) is 0 Å². The van der Waals surface area contributed by atoms with Gasteiger partial charge in [-0.05, 0) is 42.8 Å². The van der Waals surface area contributed by atoms with E-state index in [0.29, 0.717) is 5.02 Å². The molecule has 2 aromatic carbocycles. The highest BCUT2D eigenvalue weighted by Crippen LogP contribution is 2.31. The lowest BCUT2D eigenvalue weighted by molar-refractivity contribution is 0.753. The zero-order chi connectivity index (χ0) is 20.8. The van der Waals surface area contributed by atoms with Crippen LogP contribution in [-0.4, -0.2) is 29.4 Å². The molecular formula is C22H18BrClN6. The fraction of sp³-hybridized carbons (Fsp3) is 0.182. The van der Waals surface area contributed by atoms with E-state index in [1.807, 2.05) is 64.7 Å². The van der Waals surface area contributed by atoms with Crippen LogP contribution in [-0.2, 0) is 13.5 Å². The molecule has 3 heterocycles. The lowest BCUT2D eigenvalue weighted by Gasteiger charge is -2.09. The molecule has 0 saturated carbocycles. The third kappa shape index (κ3) is 3.09. The molecule has 8 heteroatoms. The third-order valence-corrected chi connectivity index (χ3v) is 5.87. The van der Waals surface area contributed by atoms with E-state index in [0.717, 1.165) is 62.5 Å². The maximum atomic E-state index is 6.13. The standard InChI is InChI=1S/C22H18BrClN6/c1-3-4-17-18-19(29(2)28-17)22-27-26-21(14-5-9-15(23)10-6-14)30(22)20(25-18)13-7-11-16(24)12-8-13/h5-12H,3-4H2,1-2H3. The Labute approximate surface area is 186 Å². The number of hydrogen-bond acceptors (Lipinski definition) is 4. The molecule has 0 saturated heterocycles. The van der Waals surface area contributed by atoms with Gasteiger partial charge in [0, 0.05) is 27.7 Å². The van der Waals surface area contributed by atoms with Gasteiger partial charge >= 0.3 is 0 Å². The Morgan fingerprint density at radius 3 is 2.30 bits per heavy atom. The normalized spacial score (nSPS) is 11.6. The van der Waals surface area contributed by atoms with Gasteiger partial charge in [-0.3, -0.25) is 9.08 Å². The summed E-state index contributed by atoms with van der Waals surface area (Å²) in [5.41, 5.74) is 5.36. The average Bonchev–Trinajstić information content (AvgIpc) is 3.31. The van der Waals surface area contributed by atoms with Gasteiger partial charge in [0.2, 0.25) is 0 Å².